The molecule has 0 aromatic heterocycles. The van der Waals surface area contributed by atoms with Gasteiger partial charge in [-0.3, -0.25) is 9.59 Å². The minimum absolute atomic E-state index is 0.206. The van der Waals surface area contributed by atoms with Gasteiger partial charge in [0.05, 0.1) is 11.8 Å². The van der Waals surface area contributed by atoms with Crippen molar-refractivity contribution < 1.29 is 19.8 Å². The van der Waals surface area contributed by atoms with Gasteiger partial charge in [-0.15, -0.1) is 0 Å². The third-order valence-corrected chi connectivity index (χ3v) is 4.23. The first kappa shape index (κ1) is 17.9. The zero-order chi connectivity index (χ0) is 15.6. The minimum Gasteiger partial charge on any atom is -0.481 e. The van der Waals surface area contributed by atoms with Crippen molar-refractivity contribution >= 4 is 11.9 Å². The number of carbonyl (C=O) groups is 2. The molecule has 0 aromatic rings. The van der Waals surface area contributed by atoms with Crippen LogP contribution in [0.5, 0.6) is 0 Å². The first-order valence-corrected chi connectivity index (χ1v) is 6.76. The van der Waals surface area contributed by atoms with Gasteiger partial charge in [0, 0.05) is 0 Å². The summed E-state index contributed by atoms with van der Waals surface area (Å²) in [5, 5.41) is 18.8. The number of carboxylic acid groups (broad SMARTS) is 2. The zero-order valence-corrected chi connectivity index (χ0v) is 13.2. The minimum atomic E-state index is -1.03. The molecule has 0 bridgehead atoms. The second-order valence-corrected chi connectivity index (χ2v) is 7.47. The molecule has 19 heavy (non-hydrogen) atoms. The Bertz CT molecular complexity index is 337. The summed E-state index contributed by atoms with van der Waals surface area (Å²) < 4.78 is 0. The fraction of sp³-hybridized carbons (Fsp3) is 0.867. The lowest BCUT2D eigenvalue weighted by Gasteiger charge is -2.38. The second kappa shape index (κ2) is 5.93. The highest BCUT2D eigenvalue weighted by Crippen LogP contribution is 2.41. The lowest BCUT2D eigenvalue weighted by molar-refractivity contribution is -0.160. The van der Waals surface area contributed by atoms with E-state index in [2.05, 4.69) is 0 Å². The van der Waals surface area contributed by atoms with Gasteiger partial charge in [0.2, 0.25) is 0 Å². The molecule has 0 aliphatic carbocycles. The Hall–Kier alpha value is -1.06. The normalized spacial score (nSPS) is 16.2. The van der Waals surface area contributed by atoms with Crippen LogP contribution < -0.4 is 0 Å². The predicted molar refractivity (Wildman–Crippen MR) is 74.9 cm³/mol. The van der Waals surface area contributed by atoms with E-state index in [1.165, 1.54) is 0 Å². The van der Waals surface area contributed by atoms with Gasteiger partial charge in [-0.2, -0.15) is 0 Å². The van der Waals surface area contributed by atoms with Crippen LogP contribution in [-0.2, 0) is 9.59 Å². The number of aliphatic carboxylic acids is 2. The first-order chi connectivity index (χ1) is 8.30. The van der Waals surface area contributed by atoms with E-state index in [1.54, 1.807) is 20.8 Å². The molecule has 0 heterocycles. The molecule has 2 atom stereocenters. The molecular formula is C15H28O4. The van der Waals surface area contributed by atoms with E-state index in [0.29, 0.717) is 12.3 Å². The molecule has 0 saturated carbocycles. The van der Waals surface area contributed by atoms with Crippen LogP contribution in [-0.4, -0.2) is 22.2 Å². The third-order valence-electron chi connectivity index (χ3n) is 4.23. The van der Waals surface area contributed by atoms with Crippen molar-refractivity contribution in [2.75, 3.05) is 0 Å². The maximum absolute atomic E-state index is 11.5. The standard InChI is InChI=1S/C15H28O4/c1-9(2)15(6,7)8-10(12(16)17)11(13(18)19)14(3,4)5/h9-11H,8H2,1-7H3,(H,16,17)(H,18,19). The van der Waals surface area contributed by atoms with Crippen molar-refractivity contribution in [2.45, 2.75) is 54.9 Å². The largest absolute Gasteiger partial charge is 0.481 e. The maximum atomic E-state index is 11.5. The molecule has 0 rings (SSSR count). The van der Waals surface area contributed by atoms with E-state index in [1.807, 2.05) is 27.7 Å². The molecule has 4 nitrogen and oxygen atoms in total. The Balaban J connectivity index is 5.43. The van der Waals surface area contributed by atoms with Gasteiger partial charge >= 0.3 is 11.9 Å². The SMILES string of the molecule is CC(C)C(C)(C)CC(C(=O)O)C(C(=O)O)C(C)(C)C. The van der Waals surface area contributed by atoms with Gasteiger partial charge in [-0.25, -0.2) is 0 Å². The van der Waals surface area contributed by atoms with Crippen LogP contribution in [0.15, 0.2) is 0 Å². The van der Waals surface area contributed by atoms with E-state index < -0.39 is 29.2 Å². The summed E-state index contributed by atoms with van der Waals surface area (Å²) in [6.07, 6.45) is 0.369. The van der Waals surface area contributed by atoms with Crippen LogP contribution >= 0.6 is 0 Å². The lowest BCUT2D eigenvalue weighted by atomic mass is 9.65. The average Bonchev–Trinajstić information content (AvgIpc) is 2.12. The first-order valence-electron chi connectivity index (χ1n) is 6.76. The molecular weight excluding hydrogens is 244 g/mol. The lowest BCUT2D eigenvalue weighted by Crippen LogP contribution is -2.41. The van der Waals surface area contributed by atoms with Crippen LogP contribution in [0.2, 0.25) is 0 Å². The fourth-order valence-corrected chi connectivity index (χ4v) is 2.30. The van der Waals surface area contributed by atoms with E-state index in [9.17, 15) is 19.8 Å². The van der Waals surface area contributed by atoms with Gasteiger partial charge in [0.15, 0.2) is 0 Å². The summed E-state index contributed by atoms with van der Waals surface area (Å²) in [6.45, 7) is 13.4. The Kier molecular flexibility index (Phi) is 5.60. The van der Waals surface area contributed by atoms with Gasteiger partial charge in [0.25, 0.3) is 0 Å². The fourth-order valence-electron chi connectivity index (χ4n) is 2.30. The molecule has 0 aromatic carbocycles. The highest BCUT2D eigenvalue weighted by Gasteiger charge is 2.44. The quantitative estimate of drug-likeness (QED) is 0.776. The maximum Gasteiger partial charge on any atom is 0.307 e. The van der Waals surface area contributed by atoms with Crippen LogP contribution in [0.1, 0.15) is 54.9 Å². The summed E-state index contributed by atoms with van der Waals surface area (Å²) >= 11 is 0. The monoisotopic (exact) mass is 272 g/mol. The van der Waals surface area contributed by atoms with Crippen molar-refractivity contribution in [3.63, 3.8) is 0 Å². The third kappa shape index (κ3) is 4.84. The Morgan fingerprint density at radius 3 is 1.58 bits per heavy atom. The van der Waals surface area contributed by atoms with Crippen LogP contribution in [0, 0.1) is 28.6 Å². The predicted octanol–water partition coefficient (Wildman–Crippen LogP) is 3.51. The van der Waals surface area contributed by atoms with E-state index in [-0.39, 0.29) is 5.41 Å². The second-order valence-electron chi connectivity index (χ2n) is 7.47. The summed E-state index contributed by atoms with van der Waals surface area (Å²) in [5.41, 5.74) is -0.788. The molecule has 112 valence electrons. The molecule has 0 spiro atoms. The summed E-state index contributed by atoms with van der Waals surface area (Å²) in [7, 11) is 0. The number of carboxylic acids is 2. The molecule has 0 aliphatic heterocycles. The molecule has 0 fully saturated rings. The number of rotatable bonds is 6. The molecule has 0 radical (unpaired) electrons. The van der Waals surface area contributed by atoms with Crippen molar-refractivity contribution in [3.05, 3.63) is 0 Å². The average molecular weight is 272 g/mol. The molecule has 4 heteroatoms. The van der Waals surface area contributed by atoms with Gasteiger partial charge in [0.1, 0.15) is 0 Å². The van der Waals surface area contributed by atoms with Crippen molar-refractivity contribution in [2.24, 2.45) is 28.6 Å². The highest BCUT2D eigenvalue weighted by molar-refractivity contribution is 5.80. The molecule has 2 N–H and O–H groups in total. The van der Waals surface area contributed by atoms with Crippen LogP contribution in [0.4, 0.5) is 0 Å². The smallest absolute Gasteiger partial charge is 0.307 e. The Labute approximate surface area is 116 Å². The van der Waals surface area contributed by atoms with Gasteiger partial charge in [-0.1, -0.05) is 48.5 Å². The van der Waals surface area contributed by atoms with E-state index in [0.717, 1.165) is 0 Å². The van der Waals surface area contributed by atoms with Crippen molar-refractivity contribution in [1.29, 1.82) is 0 Å². The number of hydrogen-bond donors (Lipinski definition) is 2. The van der Waals surface area contributed by atoms with Crippen molar-refractivity contribution in [1.82, 2.24) is 0 Å². The summed E-state index contributed by atoms with van der Waals surface area (Å²) in [4.78, 5) is 23.0. The highest BCUT2D eigenvalue weighted by atomic mass is 16.4. The van der Waals surface area contributed by atoms with Crippen LogP contribution in [0.3, 0.4) is 0 Å². The molecule has 0 amide bonds. The topological polar surface area (TPSA) is 74.6 Å². The molecule has 0 aliphatic rings. The summed E-state index contributed by atoms with van der Waals surface area (Å²) in [5.74, 6) is -3.50. The zero-order valence-electron chi connectivity index (χ0n) is 13.2. The van der Waals surface area contributed by atoms with Crippen LogP contribution in [0.25, 0.3) is 0 Å². The van der Waals surface area contributed by atoms with Gasteiger partial charge in [-0.05, 0) is 23.2 Å². The Morgan fingerprint density at radius 2 is 1.37 bits per heavy atom. The van der Waals surface area contributed by atoms with Gasteiger partial charge < -0.3 is 10.2 Å². The van der Waals surface area contributed by atoms with E-state index in [4.69, 9.17) is 0 Å². The summed E-state index contributed by atoms with van der Waals surface area (Å²) in [6, 6.07) is 0. The number of hydrogen-bond acceptors (Lipinski definition) is 2. The Morgan fingerprint density at radius 1 is 0.947 bits per heavy atom. The molecule has 0 saturated heterocycles. The van der Waals surface area contributed by atoms with Crippen molar-refractivity contribution in [3.8, 4) is 0 Å². The van der Waals surface area contributed by atoms with E-state index >= 15 is 0 Å². The molecule has 2 unspecified atom stereocenters.